The number of aromatic nitrogens is 1. The molecule has 2 atom stereocenters. The zero-order valence-corrected chi connectivity index (χ0v) is 20.6. The van der Waals surface area contributed by atoms with Gasteiger partial charge >= 0.3 is 6.03 Å². The molecule has 2 bridgehead atoms. The number of rotatable bonds is 7. The molecule has 1 aliphatic carbocycles. The molecule has 1 saturated heterocycles. The van der Waals surface area contributed by atoms with Crippen molar-refractivity contribution in [1.29, 1.82) is 5.26 Å². The topological polar surface area (TPSA) is 120 Å². The van der Waals surface area contributed by atoms with Gasteiger partial charge in [-0.15, -0.1) is 0 Å². The minimum absolute atomic E-state index is 0.0773. The van der Waals surface area contributed by atoms with Gasteiger partial charge in [0.1, 0.15) is 11.4 Å². The molecule has 34 heavy (non-hydrogen) atoms. The molecule has 1 aliphatic heterocycles. The normalized spacial score (nSPS) is 22.4. The van der Waals surface area contributed by atoms with Crippen LogP contribution in [-0.2, 0) is 9.84 Å². The fourth-order valence-electron chi connectivity index (χ4n) is 5.43. The highest BCUT2D eigenvalue weighted by molar-refractivity contribution is 7.91. The van der Waals surface area contributed by atoms with Crippen LogP contribution in [0.3, 0.4) is 0 Å². The van der Waals surface area contributed by atoms with Crippen molar-refractivity contribution >= 4 is 21.6 Å². The summed E-state index contributed by atoms with van der Waals surface area (Å²) >= 11 is 0. The minimum Gasteiger partial charge on any atom is -0.359 e. The maximum Gasteiger partial charge on any atom is 0.322 e. The molecule has 0 spiro atoms. The van der Waals surface area contributed by atoms with E-state index in [2.05, 4.69) is 15.4 Å². The second kappa shape index (κ2) is 9.76. The fourth-order valence-corrected chi connectivity index (χ4v) is 6.73. The van der Waals surface area contributed by atoms with E-state index in [1.807, 2.05) is 18.0 Å². The third kappa shape index (κ3) is 4.95. The molecule has 2 fully saturated rings. The molecule has 1 saturated carbocycles. The van der Waals surface area contributed by atoms with Crippen molar-refractivity contribution in [3.63, 3.8) is 0 Å². The summed E-state index contributed by atoms with van der Waals surface area (Å²) in [5, 5.41) is 15.7. The number of sulfone groups is 1. The average molecular weight is 486 g/mol. The summed E-state index contributed by atoms with van der Waals surface area (Å²) in [4.78, 5) is 17.3. The summed E-state index contributed by atoms with van der Waals surface area (Å²) in [6.07, 6.45) is 2.69. The van der Waals surface area contributed by atoms with Gasteiger partial charge in [0.05, 0.1) is 22.3 Å². The Bertz CT molecular complexity index is 1150. The molecule has 2 aromatic rings. The molecule has 1 aromatic heterocycles. The molecule has 1 aromatic carbocycles. The predicted octanol–water partition coefficient (Wildman–Crippen LogP) is 3.20. The van der Waals surface area contributed by atoms with Gasteiger partial charge in [-0.2, -0.15) is 5.26 Å². The number of carbonyl (C=O) groups excluding carboxylic acids is 1. The lowest BCUT2D eigenvalue weighted by Crippen LogP contribution is -2.54. The van der Waals surface area contributed by atoms with Gasteiger partial charge in [-0.3, -0.25) is 0 Å². The van der Waals surface area contributed by atoms with E-state index in [1.54, 1.807) is 13.8 Å². The third-order valence-electron chi connectivity index (χ3n) is 7.12. The average Bonchev–Trinajstić information content (AvgIpc) is 3.27. The number of hydrogen-bond donors (Lipinski definition) is 1. The van der Waals surface area contributed by atoms with Crippen molar-refractivity contribution in [2.75, 3.05) is 37.8 Å². The molecule has 1 N–H and O–H groups in total. The number of nitrogens with one attached hydrogen (secondary N) is 1. The van der Waals surface area contributed by atoms with Gasteiger partial charge in [0.2, 0.25) is 0 Å². The maximum atomic E-state index is 12.9. The summed E-state index contributed by atoms with van der Waals surface area (Å²) in [7, 11) is -1.52. The van der Waals surface area contributed by atoms with E-state index in [4.69, 9.17) is 9.78 Å². The third-order valence-corrected chi connectivity index (χ3v) is 8.94. The van der Waals surface area contributed by atoms with Crippen LogP contribution in [0.5, 0.6) is 0 Å². The summed E-state index contributed by atoms with van der Waals surface area (Å²) in [5.74, 6) is 1.41. The molecular weight excluding hydrogens is 454 g/mol. The molecule has 2 unspecified atom stereocenters. The standard InChI is InChI=1S/C24H31N5O4S/c1-16-22(17(2)33-27-16)26-24(30)28(3)23-19-7-8-20(23)15-29(14-19)11-4-12-34(31,32)21-9-5-18(13-25)6-10-21/h5-6,9-10,19-20,23H,4,7-8,11-12,14-15H2,1-3H3,(H,26,30). The van der Waals surface area contributed by atoms with Crippen LogP contribution in [-0.4, -0.2) is 67.9 Å². The lowest BCUT2D eigenvalue weighted by molar-refractivity contribution is 0.0808. The molecule has 182 valence electrons. The van der Waals surface area contributed by atoms with E-state index in [0.29, 0.717) is 47.5 Å². The molecule has 0 radical (unpaired) electrons. The number of urea groups is 1. The van der Waals surface area contributed by atoms with Crippen LogP contribution in [0.15, 0.2) is 33.7 Å². The Hall–Kier alpha value is -2.90. The molecule has 2 amide bonds. The monoisotopic (exact) mass is 485 g/mol. The molecule has 10 heteroatoms. The van der Waals surface area contributed by atoms with E-state index in [0.717, 1.165) is 25.9 Å². The smallest absolute Gasteiger partial charge is 0.322 e. The van der Waals surface area contributed by atoms with Gasteiger partial charge in [0.15, 0.2) is 15.6 Å². The van der Waals surface area contributed by atoms with Crippen molar-refractivity contribution in [1.82, 2.24) is 15.0 Å². The summed E-state index contributed by atoms with van der Waals surface area (Å²) in [5.41, 5.74) is 1.74. The molecule has 2 aliphatic rings. The fraction of sp³-hybridized carbons (Fsp3) is 0.542. The number of carbonyl (C=O) groups is 1. The lowest BCUT2D eigenvalue weighted by Gasteiger charge is -2.42. The first-order valence-corrected chi connectivity index (χ1v) is 13.3. The number of piperidine rings is 1. The number of hydrogen-bond acceptors (Lipinski definition) is 7. The molecule has 4 rings (SSSR count). The van der Waals surface area contributed by atoms with Gasteiger partial charge in [-0.25, -0.2) is 13.2 Å². The van der Waals surface area contributed by atoms with E-state index < -0.39 is 9.84 Å². The second-order valence-electron chi connectivity index (χ2n) is 9.40. The lowest BCUT2D eigenvalue weighted by atomic mass is 9.91. The van der Waals surface area contributed by atoms with Crippen molar-refractivity contribution < 1.29 is 17.7 Å². The molecule has 2 heterocycles. The highest BCUT2D eigenvalue weighted by Gasteiger charge is 2.45. The number of nitrogens with zero attached hydrogens (tertiary/aromatic N) is 4. The SMILES string of the molecule is Cc1noc(C)c1NC(=O)N(C)C1C2CCC1CN(CCCS(=O)(=O)c1ccc(C#N)cc1)C2. The first kappa shape index (κ1) is 24.2. The van der Waals surface area contributed by atoms with Crippen LogP contribution in [0.4, 0.5) is 10.5 Å². The summed E-state index contributed by atoms with van der Waals surface area (Å²) in [6.45, 7) is 6.02. The quantitative estimate of drug-likeness (QED) is 0.639. The Kier molecular flexibility index (Phi) is 6.96. The van der Waals surface area contributed by atoms with Crippen LogP contribution in [0.1, 0.15) is 36.3 Å². The predicted molar refractivity (Wildman–Crippen MR) is 127 cm³/mol. The van der Waals surface area contributed by atoms with Gasteiger partial charge < -0.3 is 19.6 Å². The van der Waals surface area contributed by atoms with Crippen LogP contribution in [0.25, 0.3) is 0 Å². The minimum atomic E-state index is -3.37. The number of anilines is 1. The van der Waals surface area contributed by atoms with Gasteiger partial charge in [0, 0.05) is 26.2 Å². The zero-order valence-electron chi connectivity index (χ0n) is 19.8. The highest BCUT2D eigenvalue weighted by atomic mass is 32.2. The summed E-state index contributed by atoms with van der Waals surface area (Å²) in [6, 6.07) is 8.09. The van der Waals surface area contributed by atoms with Crippen molar-refractivity contribution in [3.8, 4) is 6.07 Å². The Morgan fingerprint density at radius 3 is 2.44 bits per heavy atom. The van der Waals surface area contributed by atoms with E-state index in [9.17, 15) is 13.2 Å². The van der Waals surface area contributed by atoms with E-state index >= 15 is 0 Å². The number of nitriles is 1. The van der Waals surface area contributed by atoms with Crippen LogP contribution >= 0.6 is 0 Å². The number of aryl methyl sites for hydroxylation is 2. The number of likely N-dealkylation sites (tertiary alicyclic amines) is 1. The Morgan fingerprint density at radius 1 is 1.24 bits per heavy atom. The number of fused-ring (bicyclic) bond motifs is 2. The largest absolute Gasteiger partial charge is 0.359 e. The van der Waals surface area contributed by atoms with Crippen molar-refractivity contribution in [3.05, 3.63) is 41.3 Å². The molecular formula is C24H31N5O4S. The first-order valence-electron chi connectivity index (χ1n) is 11.6. The van der Waals surface area contributed by atoms with Gasteiger partial charge in [0.25, 0.3) is 0 Å². The molecule has 9 nitrogen and oxygen atoms in total. The zero-order chi connectivity index (χ0) is 24.5. The number of benzene rings is 1. The van der Waals surface area contributed by atoms with Crippen LogP contribution < -0.4 is 5.32 Å². The number of amides is 2. The van der Waals surface area contributed by atoms with Gasteiger partial charge in [-0.1, -0.05) is 5.16 Å². The maximum absolute atomic E-state index is 12.9. The van der Waals surface area contributed by atoms with Crippen LogP contribution in [0.2, 0.25) is 0 Å². The van der Waals surface area contributed by atoms with E-state index in [1.165, 1.54) is 24.3 Å². The van der Waals surface area contributed by atoms with Crippen LogP contribution in [0, 0.1) is 37.0 Å². The Morgan fingerprint density at radius 2 is 1.88 bits per heavy atom. The Balaban J connectivity index is 1.30. The van der Waals surface area contributed by atoms with Crippen molar-refractivity contribution in [2.45, 2.75) is 44.0 Å². The van der Waals surface area contributed by atoms with Crippen molar-refractivity contribution in [2.24, 2.45) is 11.8 Å². The summed E-state index contributed by atoms with van der Waals surface area (Å²) < 4.78 is 30.4. The highest BCUT2D eigenvalue weighted by Crippen LogP contribution is 2.40. The Labute approximate surface area is 200 Å². The van der Waals surface area contributed by atoms with Gasteiger partial charge in [-0.05, 0) is 75.8 Å². The second-order valence-corrected chi connectivity index (χ2v) is 11.5. The van der Waals surface area contributed by atoms with E-state index in [-0.39, 0.29) is 22.7 Å². The first-order chi connectivity index (χ1) is 16.2.